The minimum absolute atomic E-state index is 0.00513. The molecule has 2 aromatic heterocycles. The summed E-state index contributed by atoms with van der Waals surface area (Å²) < 4.78 is 5.14. The number of carbonyl (C=O) groups excluding carboxylic acids is 1. The van der Waals surface area contributed by atoms with Crippen LogP contribution in [0.2, 0.25) is 0 Å². The van der Waals surface area contributed by atoms with Gasteiger partial charge in [0.05, 0.1) is 23.7 Å². The molecule has 27 heavy (non-hydrogen) atoms. The summed E-state index contributed by atoms with van der Waals surface area (Å²) in [6.45, 7) is 4.59. The molecule has 1 N–H and O–H groups in total. The number of aliphatic hydroxyl groups is 1. The second-order valence-electron chi connectivity index (χ2n) is 7.30. The number of carbonyl (C=O) groups is 1. The Hall–Kier alpha value is -2.73. The summed E-state index contributed by atoms with van der Waals surface area (Å²) in [5.41, 5.74) is 3.71. The minimum atomic E-state index is -0.523. The van der Waals surface area contributed by atoms with Gasteiger partial charge in [-0.05, 0) is 38.0 Å². The number of para-hydroxylation sites is 1. The van der Waals surface area contributed by atoms with Gasteiger partial charge in [-0.15, -0.1) is 0 Å². The zero-order chi connectivity index (χ0) is 19.0. The lowest BCUT2D eigenvalue weighted by molar-refractivity contribution is -0.129. The third kappa shape index (κ3) is 3.45. The highest BCUT2D eigenvalue weighted by Crippen LogP contribution is 2.26. The van der Waals surface area contributed by atoms with E-state index in [9.17, 15) is 9.90 Å². The molecule has 0 saturated carbocycles. The Morgan fingerprint density at radius 1 is 1.26 bits per heavy atom. The molecule has 2 atom stereocenters. The molecule has 1 aliphatic heterocycles. The highest BCUT2D eigenvalue weighted by Gasteiger charge is 2.34. The zero-order valence-corrected chi connectivity index (χ0v) is 15.6. The van der Waals surface area contributed by atoms with Gasteiger partial charge >= 0.3 is 0 Å². The first-order valence-electron chi connectivity index (χ1n) is 9.23. The van der Waals surface area contributed by atoms with Crippen molar-refractivity contribution in [3.8, 4) is 0 Å². The Labute approximate surface area is 157 Å². The van der Waals surface area contributed by atoms with Crippen LogP contribution >= 0.6 is 0 Å². The number of rotatable bonds is 4. The number of aryl methyl sites for hydroxylation is 2. The molecule has 1 aromatic carbocycles. The number of aliphatic hydroxyl groups excluding tert-OH is 1. The summed E-state index contributed by atoms with van der Waals surface area (Å²) in [4.78, 5) is 18.9. The number of hydrogen-bond acceptors (Lipinski definition) is 5. The van der Waals surface area contributed by atoms with E-state index in [2.05, 4.69) is 16.2 Å². The van der Waals surface area contributed by atoms with Crippen molar-refractivity contribution in [3.63, 3.8) is 0 Å². The number of amides is 1. The van der Waals surface area contributed by atoms with E-state index in [4.69, 9.17) is 4.52 Å². The molecule has 6 nitrogen and oxygen atoms in total. The summed E-state index contributed by atoms with van der Waals surface area (Å²) in [5, 5.41) is 15.6. The van der Waals surface area contributed by atoms with Gasteiger partial charge in [-0.25, -0.2) is 0 Å². The molecular formula is C21H23N3O3. The summed E-state index contributed by atoms with van der Waals surface area (Å²) in [6.07, 6.45) is 2.27. The molecule has 3 heterocycles. The smallest absolute Gasteiger partial charge is 0.227 e. The van der Waals surface area contributed by atoms with Crippen LogP contribution in [0.3, 0.4) is 0 Å². The number of β-amino-alcohol motifs (C(OH)–C–C–N with tert-alkyl or cyclic N) is 1. The fourth-order valence-corrected chi connectivity index (χ4v) is 3.89. The maximum Gasteiger partial charge on any atom is 0.227 e. The van der Waals surface area contributed by atoms with Crippen molar-refractivity contribution in [2.45, 2.75) is 32.8 Å². The molecule has 4 rings (SSSR count). The molecule has 1 fully saturated rings. The Bertz CT molecular complexity index is 957. The summed E-state index contributed by atoms with van der Waals surface area (Å²) in [5.74, 6) is 0.704. The standard InChI is InChI=1S/C21H23N3O3/c1-13-18(14(2)27-23-13)10-21(26)24-11-16(20(25)12-24)9-15-7-8-22-19-6-4-3-5-17(15)19/h3-8,16,20,25H,9-12H2,1-2H3/t16-,20-/m1/s1. The lowest BCUT2D eigenvalue weighted by Gasteiger charge is -2.16. The molecule has 140 valence electrons. The molecule has 1 saturated heterocycles. The molecular weight excluding hydrogens is 342 g/mol. The average Bonchev–Trinajstić information content (AvgIpc) is 3.19. The van der Waals surface area contributed by atoms with Crippen LogP contribution in [0.5, 0.6) is 0 Å². The van der Waals surface area contributed by atoms with Crippen LogP contribution in [-0.2, 0) is 17.6 Å². The lowest BCUT2D eigenvalue weighted by Crippen LogP contribution is -2.31. The van der Waals surface area contributed by atoms with Crippen LogP contribution in [-0.4, -0.2) is 45.2 Å². The average molecular weight is 365 g/mol. The topological polar surface area (TPSA) is 79.5 Å². The van der Waals surface area contributed by atoms with Crippen molar-refractivity contribution in [1.29, 1.82) is 0 Å². The first kappa shape index (κ1) is 17.7. The van der Waals surface area contributed by atoms with Gasteiger partial charge < -0.3 is 14.5 Å². The first-order chi connectivity index (χ1) is 13.0. The third-order valence-electron chi connectivity index (χ3n) is 5.49. The van der Waals surface area contributed by atoms with E-state index in [1.807, 2.05) is 38.1 Å². The summed E-state index contributed by atoms with van der Waals surface area (Å²) in [6, 6.07) is 10.0. The predicted octanol–water partition coefficient (Wildman–Crippen LogP) is 2.44. The number of hydrogen-bond donors (Lipinski definition) is 1. The van der Waals surface area contributed by atoms with Gasteiger partial charge in [-0.2, -0.15) is 0 Å². The van der Waals surface area contributed by atoms with E-state index in [1.54, 1.807) is 11.1 Å². The number of nitrogens with zero attached hydrogens (tertiary/aromatic N) is 3. The molecule has 3 aromatic rings. The first-order valence-corrected chi connectivity index (χ1v) is 9.23. The second-order valence-corrected chi connectivity index (χ2v) is 7.30. The van der Waals surface area contributed by atoms with Crippen LogP contribution in [0.4, 0.5) is 0 Å². The van der Waals surface area contributed by atoms with E-state index in [-0.39, 0.29) is 18.2 Å². The SMILES string of the molecule is Cc1noc(C)c1CC(=O)N1C[C@@H](Cc2ccnc3ccccc23)[C@H](O)C1. The largest absolute Gasteiger partial charge is 0.391 e. The van der Waals surface area contributed by atoms with Crippen molar-refractivity contribution < 1.29 is 14.4 Å². The number of benzene rings is 1. The van der Waals surface area contributed by atoms with Gasteiger partial charge in [0.15, 0.2) is 0 Å². The van der Waals surface area contributed by atoms with Crippen LogP contribution in [0.1, 0.15) is 22.6 Å². The van der Waals surface area contributed by atoms with Gasteiger partial charge in [0, 0.05) is 36.2 Å². The molecule has 6 heteroatoms. The van der Waals surface area contributed by atoms with Crippen molar-refractivity contribution in [2.24, 2.45) is 5.92 Å². The number of likely N-dealkylation sites (tertiary alicyclic amines) is 1. The number of fused-ring (bicyclic) bond motifs is 1. The quantitative estimate of drug-likeness (QED) is 0.768. The van der Waals surface area contributed by atoms with Crippen LogP contribution < -0.4 is 0 Å². The molecule has 0 aliphatic carbocycles. The Balaban J connectivity index is 1.47. The number of aromatic nitrogens is 2. The molecule has 0 bridgehead atoms. The maximum atomic E-state index is 12.7. The van der Waals surface area contributed by atoms with Crippen molar-refractivity contribution in [3.05, 3.63) is 59.1 Å². The Morgan fingerprint density at radius 2 is 2.07 bits per heavy atom. The highest BCUT2D eigenvalue weighted by atomic mass is 16.5. The fourth-order valence-electron chi connectivity index (χ4n) is 3.89. The van der Waals surface area contributed by atoms with E-state index in [0.29, 0.717) is 18.8 Å². The van der Waals surface area contributed by atoms with E-state index in [0.717, 1.165) is 34.1 Å². The summed E-state index contributed by atoms with van der Waals surface area (Å²) >= 11 is 0. The summed E-state index contributed by atoms with van der Waals surface area (Å²) in [7, 11) is 0. The minimum Gasteiger partial charge on any atom is -0.391 e. The molecule has 1 amide bonds. The van der Waals surface area contributed by atoms with E-state index < -0.39 is 6.10 Å². The van der Waals surface area contributed by atoms with E-state index >= 15 is 0 Å². The Morgan fingerprint density at radius 3 is 2.85 bits per heavy atom. The molecule has 0 radical (unpaired) electrons. The monoisotopic (exact) mass is 365 g/mol. The van der Waals surface area contributed by atoms with Crippen LogP contribution in [0.15, 0.2) is 41.1 Å². The predicted molar refractivity (Wildman–Crippen MR) is 101 cm³/mol. The van der Waals surface area contributed by atoms with E-state index in [1.165, 1.54) is 0 Å². The molecule has 0 spiro atoms. The zero-order valence-electron chi connectivity index (χ0n) is 15.6. The fraction of sp³-hybridized carbons (Fsp3) is 0.381. The van der Waals surface area contributed by atoms with Gasteiger partial charge in [0.1, 0.15) is 5.76 Å². The second kappa shape index (κ2) is 7.12. The molecule has 0 unspecified atom stereocenters. The van der Waals surface area contributed by atoms with Crippen LogP contribution in [0.25, 0.3) is 10.9 Å². The van der Waals surface area contributed by atoms with Gasteiger partial charge in [0.25, 0.3) is 0 Å². The van der Waals surface area contributed by atoms with Crippen molar-refractivity contribution >= 4 is 16.8 Å². The Kier molecular flexibility index (Phi) is 4.66. The van der Waals surface area contributed by atoms with Gasteiger partial charge in [0.2, 0.25) is 5.91 Å². The number of pyridine rings is 1. The third-order valence-corrected chi connectivity index (χ3v) is 5.49. The highest BCUT2D eigenvalue weighted by molar-refractivity contribution is 5.82. The normalized spacial score (nSPS) is 19.7. The maximum absolute atomic E-state index is 12.7. The van der Waals surface area contributed by atoms with Gasteiger partial charge in [-0.1, -0.05) is 23.4 Å². The lowest BCUT2D eigenvalue weighted by atomic mass is 9.94. The molecule has 1 aliphatic rings. The van der Waals surface area contributed by atoms with Crippen molar-refractivity contribution in [2.75, 3.05) is 13.1 Å². The van der Waals surface area contributed by atoms with Crippen LogP contribution in [0, 0.1) is 19.8 Å². The van der Waals surface area contributed by atoms with Gasteiger partial charge in [-0.3, -0.25) is 9.78 Å². The van der Waals surface area contributed by atoms with Crippen molar-refractivity contribution in [1.82, 2.24) is 15.0 Å².